The minimum atomic E-state index is 0.0636. The maximum atomic E-state index is 12.9. The highest BCUT2D eigenvalue weighted by Gasteiger charge is 2.48. The van der Waals surface area contributed by atoms with Crippen LogP contribution in [0.2, 0.25) is 0 Å². The van der Waals surface area contributed by atoms with Gasteiger partial charge in [-0.1, -0.05) is 18.6 Å². The Labute approximate surface area is 151 Å². The lowest BCUT2D eigenvalue weighted by atomic mass is 9.90. The van der Waals surface area contributed by atoms with E-state index < -0.39 is 0 Å². The second-order valence-electron chi connectivity index (χ2n) is 7.85. The summed E-state index contributed by atoms with van der Waals surface area (Å²) in [4.78, 5) is 19.7. The average Bonchev–Trinajstić information content (AvgIpc) is 3.19. The number of para-hydroxylation sites is 2. The van der Waals surface area contributed by atoms with Gasteiger partial charge >= 0.3 is 6.03 Å². The van der Waals surface area contributed by atoms with Crippen LogP contribution >= 0.6 is 0 Å². The molecule has 3 fully saturated rings. The first-order valence-corrected chi connectivity index (χ1v) is 9.77. The predicted octanol–water partition coefficient (Wildman–Crippen LogP) is 3.09. The molecule has 0 unspecified atom stereocenters. The topological polar surface area (TPSA) is 38.8 Å². The van der Waals surface area contributed by atoms with Gasteiger partial charge < -0.3 is 15.1 Å². The third-order valence-electron chi connectivity index (χ3n) is 6.44. The van der Waals surface area contributed by atoms with Crippen molar-refractivity contribution in [3.8, 4) is 0 Å². The lowest BCUT2D eigenvalue weighted by Crippen LogP contribution is -2.42. The summed E-state index contributed by atoms with van der Waals surface area (Å²) in [7, 11) is 2.06. The van der Waals surface area contributed by atoms with E-state index in [9.17, 15) is 4.79 Å². The third kappa shape index (κ3) is 3.10. The zero-order valence-electron chi connectivity index (χ0n) is 15.4. The summed E-state index contributed by atoms with van der Waals surface area (Å²) >= 11 is 0. The highest BCUT2D eigenvalue weighted by Crippen LogP contribution is 2.40. The Morgan fingerprint density at radius 1 is 1.24 bits per heavy atom. The van der Waals surface area contributed by atoms with Gasteiger partial charge in [-0.2, -0.15) is 0 Å². The van der Waals surface area contributed by atoms with Crippen molar-refractivity contribution in [2.24, 2.45) is 11.8 Å². The minimum absolute atomic E-state index is 0.0636. The number of piperidine rings is 1. The van der Waals surface area contributed by atoms with Crippen molar-refractivity contribution in [2.45, 2.75) is 32.2 Å². The van der Waals surface area contributed by atoms with Crippen LogP contribution in [0, 0.1) is 11.8 Å². The summed E-state index contributed by atoms with van der Waals surface area (Å²) in [6.45, 7) is 7.32. The number of hydrogen-bond acceptors (Lipinski definition) is 3. The lowest BCUT2D eigenvalue weighted by Gasteiger charge is -2.33. The fourth-order valence-corrected chi connectivity index (χ4v) is 5.00. The summed E-state index contributed by atoms with van der Waals surface area (Å²) in [5, 5.41) is 3.16. The highest BCUT2D eigenvalue weighted by molar-refractivity contribution is 5.93. The molecule has 2 amide bonds. The maximum Gasteiger partial charge on any atom is 0.321 e. The van der Waals surface area contributed by atoms with Crippen molar-refractivity contribution in [3.05, 3.63) is 24.3 Å². The first-order chi connectivity index (χ1) is 12.2. The van der Waals surface area contributed by atoms with Crippen LogP contribution in [0.1, 0.15) is 26.2 Å². The number of likely N-dealkylation sites (tertiary alicyclic amines) is 1. The number of nitrogens with zero attached hydrogens (tertiary/aromatic N) is 3. The van der Waals surface area contributed by atoms with Crippen LogP contribution < -0.4 is 10.2 Å². The molecule has 1 aromatic carbocycles. The van der Waals surface area contributed by atoms with E-state index in [-0.39, 0.29) is 6.03 Å². The summed E-state index contributed by atoms with van der Waals surface area (Å²) in [5.74, 6) is 1.35. The van der Waals surface area contributed by atoms with Crippen molar-refractivity contribution in [2.75, 3.05) is 50.0 Å². The van der Waals surface area contributed by atoms with Crippen LogP contribution in [-0.2, 0) is 0 Å². The van der Waals surface area contributed by atoms with Gasteiger partial charge in [-0.15, -0.1) is 0 Å². The summed E-state index contributed by atoms with van der Waals surface area (Å²) < 4.78 is 0. The molecule has 1 aromatic rings. The fourth-order valence-electron chi connectivity index (χ4n) is 5.00. The van der Waals surface area contributed by atoms with Crippen molar-refractivity contribution in [3.63, 3.8) is 0 Å². The van der Waals surface area contributed by atoms with Crippen molar-refractivity contribution < 1.29 is 4.79 Å². The number of amides is 2. The van der Waals surface area contributed by atoms with E-state index in [1.54, 1.807) is 0 Å². The minimum Gasteiger partial charge on any atom is -0.373 e. The molecule has 3 saturated heterocycles. The highest BCUT2D eigenvalue weighted by atomic mass is 16.2. The molecule has 3 aliphatic rings. The van der Waals surface area contributed by atoms with Crippen LogP contribution in [0.5, 0.6) is 0 Å². The SMILES string of the molecule is CCN(C)c1ccccc1NC(=O)N1C[C@@H]2CN3CCCC[C@@H]3[C@@H]2C1. The normalized spacial score (nSPS) is 28.6. The molecule has 0 saturated carbocycles. The van der Waals surface area contributed by atoms with E-state index in [2.05, 4.69) is 35.2 Å². The molecule has 0 radical (unpaired) electrons. The van der Waals surface area contributed by atoms with Gasteiger partial charge in [0.1, 0.15) is 0 Å². The predicted molar refractivity (Wildman–Crippen MR) is 102 cm³/mol. The van der Waals surface area contributed by atoms with Crippen molar-refractivity contribution in [1.29, 1.82) is 0 Å². The molecule has 25 heavy (non-hydrogen) atoms. The monoisotopic (exact) mass is 342 g/mol. The van der Waals surface area contributed by atoms with Crippen LogP contribution in [0.15, 0.2) is 24.3 Å². The van der Waals surface area contributed by atoms with Gasteiger partial charge in [-0.25, -0.2) is 4.79 Å². The molecule has 0 aliphatic carbocycles. The second kappa shape index (κ2) is 6.87. The number of hydrogen-bond donors (Lipinski definition) is 1. The average molecular weight is 342 g/mol. The Morgan fingerprint density at radius 2 is 2.08 bits per heavy atom. The number of carbonyl (C=O) groups is 1. The van der Waals surface area contributed by atoms with Crippen LogP contribution in [0.3, 0.4) is 0 Å². The van der Waals surface area contributed by atoms with Crippen LogP contribution in [-0.4, -0.2) is 61.6 Å². The van der Waals surface area contributed by atoms with Crippen LogP contribution in [0.25, 0.3) is 0 Å². The van der Waals surface area contributed by atoms with E-state index in [1.165, 1.54) is 32.4 Å². The molecule has 1 N–H and O–H groups in total. The van der Waals surface area contributed by atoms with Crippen molar-refractivity contribution in [1.82, 2.24) is 9.80 Å². The van der Waals surface area contributed by atoms with E-state index in [0.717, 1.165) is 37.1 Å². The quantitative estimate of drug-likeness (QED) is 0.917. The largest absolute Gasteiger partial charge is 0.373 e. The Bertz CT molecular complexity index is 634. The molecule has 0 bridgehead atoms. The van der Waals surface area contributed by atoms with Crippen LogP contribution in [0.4, 0.5) is 16.2 Å². The van der Waals surface area contributed by atoms with Gasteiger partial charge in [0.25, 0.3) is 0 Å². The first-order valence-electron chi connectivity index (χ1n) is 9.77. The molecular weight excluding hydrogens is 312 g/mol. The molecule has 3 atom stereocenters. The Kier molecular flexibility index (Phi) is 4.59. The summed E-state index contributed by atoms with van der Waals surface area (Å²) in [6, 6.07) is 8.86. The van der Waals surface area contributed by atoms with Gasteiger partial charge in [0.05, 0.1) is 11.4 Å². The maximum absolute atomic E-state index is 12.9. The molecule has 3 heterocycles. The summed E-state index contributed by atoms with van der Waals surface area (Å²) in [6.07, 6.45) is 4.02. The van der Waals surface area contributed by atoms with Gasteiger partial charge in [-0.05, 0) is 50.3 Å². The third-order valence-corrected chi connectivity index (χ3v) is 6.44. The standard InChI is InChI=1S/C20H30N4O/c1-3-22(2)19-10-5-4-8-17(19)21-20(25)24-13-15-12-23-11-7-6-9-18(23)16(15)14-24/h4-5,8,10,15-16,18H,3,6-7,9,11-14H2,1-2H3,(H,21,25)/t15-,16+,18+/m0/s1. The lowest BCUT2D eigenvalue weighted by molar-refractivity contribution is 0.157. The smallest absolute Gasteiger partial charge is 0.321 e. The van der Waals surface area contributed by atoms with E-state index in [4.69, 9.17) is 0 Å². The number of rotatable bonds is 3. The summed E-state index contributed by atoms with van der Waals surface area (Å²) in [5.41, 5.74) is 1.99. The molecule has 5 heteroatoms. The molecule has 3 aliphatic heterocycles. The molecule has 4 rings (SSSR count). The van der Waals surface area contributed by atoms with E-state index in [1.807, 2.05) is 23.1 Å². The Hall–Kier alpha value is -1.75. The number of carbonyl (C=O) groups excluding carboxylic acids is 1. The molecule has 0 aromatic heterocycles. The van der Waals surface area contributed by atoms with Gasteiger partial charge in [0.15, 0.2) is 0 Å². The van der Waals surface area contributed by atoms with E-state index in [0.29, 0.717) is 11.8 Å². The number of fused-ring (bicyclic) bond motifs is 3. The number of nitrogens with one attached hydrogen (secondary N) is 1. The molecule has 5 nitrogen and oxygen atoms in total. The van der Waals surface area contributed by atoms with Crippen molar-refractivity contribution >= 4 is 17.4 Å². The molecule has 0 spiro atoms. The Morgan fingerprint density at radius 3 is 2.92 bits per heavy atom. The number of benzene rings is 1. The Balaban J connectivity index is 1.42. The van der Waals surface area contributed by atoms with Gasteiger partial charge in [0.2, 0.25) is 0 Å². The molecular formula is C20H30N4O. The van der Waals surface area contributed by atoms with Gasteiger partial charge in [-0.3, -0.25) is 4.90 Å². The van der Waals surface area contributed by atoms with Gasteiger partial charge in [0, 0.05) is 39.3 Å². The zero-order chi connectivity index (χ0) is 17.4. The number of urea groups is 1. The zero-order valence-corrected chi connectivity index (χ0v) is 15.4. The first kappa shape index (κ1) is 16.7. The second-order valence-corrected chi connectivity index (χ2v) is 7.85. The number of anilines is 2. The molecule has 136 valence electrons. The fraction of sp³-hybridized carbons (Fsp3) is 0.650. The van der Waals surface area contributed by atoms with E-state index >= 15 is 0 Å².